The van der Waals surface area contributed by atoms with Gasteiger partial charge in [0.05, 0.1) is 5.69 Å². The molecule has 128 valence electrons. The molecule has 0 atom stereocenters. The molecule has 2 aromatic rings. The molecule has 3 rings (SSSR count). The zero-order chi connectivity index (χ0) is 17.7. The van der Waals surface area contributed by atoms with E-state index in [1.54, 1.807) is 0 Å². The third kappa shape index (κ3) is 4.36. The van der Waals surface area contributed by atoms with Crippen LogP contribution in [-0.4, -0.2) is 5.71 Å². The van der Waals surface area contributed by atoms with Crippen LogP contribution in [0.25, 0.3) is 0 Å². The Hall–Kier alpha value is -2.41. The maximum Gasteiger partial charge on any atom is 0.0662 e. The molecule has 0 spiro atoms. The second-order valence-corrected chi connectivity index (χ2v) is 7.41. The lowest BCUT2D eigenvalue weighted by Crippen LogP contribution is -2.20. The second kappa shape index (κ2) is 7.65. The van der Waals surface area contributed by atoms with Crippen LogP contribution in [0.1, 0.15) is 44.2 Å². The largest absolute Gasteiger partial charge is 0.253 e. The van der Waals surface area contributed by atoms with Crippen molar-refractivity contribution in [3.8, 4) is 0 Å². The number of hydrogen-bond acceptors (Lipinski definition) is 1. The summed E-state index contributed by atoms with van der Waals surface area (Å²) in [4.78, 5) is 5.07. The summed E-state index contributed by atoms with van der Waals surface area (Å²) in [5.74, 6) is 0. The number of para-hydroxylation sites is 1. The van der Waals surface area contributed by atoms with Gasteiger partial charge in [-0.05, 0) is 54.4 Å². The fourth-order valence-electron chi connectivity index (χ4n) is 3.31. The normalized spacial score (nSPS) is 15.2. The average Bonchev–Trinajstić information content (AvgIpc) is 2.64. The van der Waals surface area contributed by atoms with Crippen molar-refractivity contribution in [1.29, 1.82) is 0 Å². The van der Waals surface area contributed by atoms with Gasteiger partial charge < -0.3 is 0 Å². The molecular weight excluding hydrogens is 302 g/mol. The molecule has 1 nitrogen and oxygen atoms in total. The highest BCUT2D eigenvalue weighted by molar-refractivity contribution is 6.02. The lowest BCUT2D eigenvalue weighted by Gasteiger charge is -2.29. The zero-order valence-corrected chi connectivity index (χ0v) is 15.5. The smallest absolute Gasteiger partial charge is 0.0662 e. The monoisotopic (exact) mass is 329 g/mol. The van der Waals surface area contributed by atoms with Gasteiger partial charge in [-0.25, -0.2) is 0 Å². The average molecular weight is 329 g/mol. The second-order valence-electron chi connectivity index (χ2n) is 7.41. The van der Waals surface area contributed by atoms with Crippen LogP contribution in [-0.2, 0) is 0 Å². The molecule has 0 fully saturated rings. The van der Waals surface area contributed by atoms with Gasteiger partial charge in [0.1, 0.15) is 0 Å². The summed E-state index contributed by atoms with van der Waals surface area (Å²) in [5.41, 5.74) is 6.12. The Morgan fingerprint density at radius 1 is 0.960 bits per heavy atom. The van der Waals surface area contributed by atoms with Gasteiger partial charge in [0.2, 0.25) is 0 Å². The summed E-state index contributed by atoms with van der Waals surface area (Å²) in [6.45, 7) is 6.77. The van der Waals surface area contributed by atoms with E-state index in [9.17, 15) is 0 Å². The van der Waals surface area contributed by atoms with E-state index in [1.807, 2.05) is 0 Å². The molecule has 0 aromatic heterocycles. The van der Waals surface area contributed by atoms with Crippen molar-refractivity contribution in [3.63, 3.8) is 0 Å². The predicted octanol–water partition coefficient (Wildman–Crippen LogP) is 6.81. The molecule has 0 unspecified atom stereocenters. The summed E-state index contributed by atoms with van der Waals surface area (Å²) >= 11 is 0. The first-order valence-corrected chi connectivity index (χ1v) is 9.12. The minimum Gasteiger partial charge on any atom is -0.253 e. The summed E-state index contributed by atoms with van der Waals surface area (Å²) in [6.07, 6.45) is 10.2. The van der Waals surface area contributed by atoms with Crippen LogP contribution in [0.4, 0.5) is 5.69 Å². The number of nitrogens with zero attached hydrogens (tertiary/aromatic N) is 1. The van der Waals surface area contributed by atoms with Gasteiger partial charge in [0.25, 0.3) is 0 Å². The molecular formula is C24H27N. The minimum atomic E-state index is 0.0638. The van der Waals surface area contributed by atoms with Crippen molar-refractivity contribution in [2.45, 2.75) is 40.0 Å². The molecule has 25 heavy (non-hydrogen) atoms. The van der Waals surface area contributed by atoms with Crippen molar-refractivity contribution in [3.05, 3.63) is 89.5 Å². The number of benzene rings is 2. The molecule has 1 aliphatic carbocycles. The van der Waals surface area contributed by atoms with E-state index in [0.29, 0.717) is 0 Å². The SMILES string of the molecule is Cc1ccccc1N=C(CC(C)(C)C1=CCCC=C1)c1ccccc1. The Morgan fingerprint density at radius 2 is 1.68 bits per heavy atom. The molecule has 0 amide bonds. The van der Waals surface area contributed by atoms with E-state index < -0.39 is 0 Å². The summed E-state index contributed by atoms with van der Waals surface area (Å²) in [6, 6.07) is 18.9. The predicted molar refractivity (Wildman–Crippen MR) is 109 cm³/mol. The first-order chi connectivity index (χ1) is 12.1. The molecule has 0 heterocycles. The topological polar surface area (TPSA) is 12.4 Å². The van der Waals surface area contributed by atoms with Crippen molar-refractivity contribution < 1.29 is 0 Å². The molecule has 1 aliphatic rings. The van der Waals surface area contributed by atoms with Crippen LogP contribution in [0.5, 0.6) is 0 Å². The quantitative estimate of drug-likeness (QED) is 0.534. The highest BCUT2D eigenvalue weighted by atomic mass is 14.8. The van der Waals surface area contributed by atoms with E-state index in [1.165, 1.54) is 16.7 Å². The fourth-order valence-corrected chi connectivity index (χ4v) is 3.31. The molecule has 0 saturated heterocycles. The highest BCUT2D eigenvalue weighted by Gasteiger charge is 2.25. The number of allylic oxidation sites excluding steroid dienone is 4. The van der Waals surface area contributed by atoms with Gasteiger partial charge in [-0.1, -0.05) is 80.6 Å². The lowest BCUT2D eigenvalue weighted by atomic mass is 9.76. The third-order valence-electron chi connectivity index (χ3n) is 4.86. The van der Waals surface area contributed by atoms with Crippen molar-refractivity contribution in [2.75, 3.05) is 0 Å². The van der Waals surface area contributed by atoms with Crippen LogP contribution < -0.4 is 0 Å². The van der Waals surface area contributed by atoms with E-state index in [0.717, 1.165) is 30.7 Å². The molecule has 1 heteroatoms. The molecule has 0 saturated carbocycles. The maximum atomic E-state index is 5.07. The number of aliphatic imine (C=N–C) groups is 1. The van der Waals surface area contributed by atoms with Gasteiger partial charge in [-0.3, -0.25) is 4.99 Å². The number of aryl methyl sites for hydroxylation is 1. The minimum absolute atomic E-state index is 0.0638. The van der Waals surface area contributed by atoms with E-state index in [4.69, 9.17) is 4.99 Å². The van der Waals surface area contributed by atoms with E-state index >= 15 is 0 Å². The van der Waals surface area contributed by atoms with Gasteiger partial charge in [-0.15, -0.1) is 0 Å². The van der Waals surface area contributed by atoms with Crippen LogP contribution >= 0.6 is 0 Å². The van der Waals surface area contributed by atoms with Crippen LogP contribution in [0, 0.1) is 12.3 Å². The summed E-state index contributed by atoms with van der Waals surface area (Å²) < 4.78 is 0. The van der Waals surface area contributed by atoms with Crippen molar-refractivity contribution in [1.82, 2.24) is 0 Å². The number of rotatable bonds is 5. The summed E-state index contributed by atoms with van der Waals surface area (Å²) in [7, 11) is 0. The van der Waals surface area contributed by atoms with Gasteiger partial charge in [0, 0.05) is 5.71 Å². The van der Waals surface area contributed by atoms with Gasteiger partial charge in [0.15, 0.2) is 0 Å². The standard InChI is InChI=1S/C24H27N/c1-19-12-10-11-17-22(19)25-23(20-13-6-4-7-14-20)18-24(2,3)21-15-8-5-9-16-21/h4,6-8,10-17H,5,9,18H2,1-3H3. The Bertz CT molecular complexity index is 807. The Kier molecular flexibility index (Phi) is 5.33. The fraction of sp³-hybridized carbons (Fsp3) is 0.292. The molecule has 0 N–H and O–H groups in total. The highest BCUT2D eigenvalue weighted by Crippen LogP contribution is 2.36. The van der Waals surface area contributed by atoms with Gasteiger partial charge >= 0.3 is 0 Å². The molecule has 0 bridgehead atoms. The first kappa shape index (κ1) is 17.4. The Balaban J connectivity index is 1.99. The van der Waals surface area contributed by atoms with E-state index in [-0.39, 0.29) is 5.41 Å². The van der Waals surface area contributed by atoms with Crippen LogP contribution in [0.3, 0.4) is 0 Å². The Morgan fingerprint density at radius 3 is 2.36 bits per heavy atom. The molecule has 2 aromatic carbocycles. The first-order valence-electron chi connectivity index (χ1n) is 9.12. The zero-order valence-electron chi connectivity index (χ0n) is 15.5. The molecule has 0 aliphatic heterocycles. The summed E-state index contributed by atoms with van der Waals surface area (Å²) in [5, 5.41) is 0. The molecule has 0 radical (unpaired) electrons. The van der Waals surface area contributed by atoms with E-state index in [2.05, 4.69) is 93.6 Å². The lowest BCUT2D eigenvalue weighted by molar-refractivity contribution is 0.475. The van der Waals surface area contributed by atoms with Crippen LogP contribution in [0.2, 0.25) is 0 Å². The van der Waals surface area contributed by atoms with Crippen molar-refractivity contribution in [2.24, 2.45) is 10.4 Å². The van der Waals surface area contributed by atoms with Crippen LogP contribution in [0.15, 0.2) is 83.4 Å². The maximum absolute atomic E-state index is 5.07. The van der Waals surface area contributed by atoms with Crippen molar-refractivity contribution >= 4 is 11.4 Å². The van der Waals surface area contributed by atoms with Gasteiger partial charge in [-0.2, -0.15) is 0 Å². The number of hydrogen-bond donors (Lipinski definition) is 0. The third-order valence-corrected chi connectivity index (χ3v) is 4.86. The Labute approximate surface area is 151 Å².